The van der Waals surface area contributed by atoms with E-state index in [0.717, 1.165) is 47.1 Å². The number of piperidine rings is 1. The van der Waals surface area contributed by atoms with Crippen molar-refractivity contribution in [1.82, 2.24) is 20.3 Å². The molecule has 0 unspecified atom stereocenters. The van der Waals surface area contributed by atoms with E-state index in [1.165, 1.54) is 12.1 Å². The summed E-state index contributed by atoms with van der Waals surface area (Å²) in [5.74, 6) is 0.0415. The fourth-order valence-corrected chi connectivity index (χ4v) is 5.09. The molecule has 1 aliphatic rings. The van der Waals surface area contributed by atoms with Crippen molar-refractivity contribution >= 4 is 23.2 Å². The number of carbonyl (C=O) groups is 1. The Morgan fingerprint density at radius 2 is 1.76 bits per heavy atom. The number of rotatable bonds is 5. The van der Waals surface area contributed by atoms with E-state index >= 15 is 0 Å². The summed E-state index contributed by atoms with van der Waals surface area (Å²) < 4.78 is 13.6. The summed E-state index contributed by atoms with van der Waals surface area (Å²) in [6, 6.07) is 17.1. The number of benzene rings is 2. The number of carbonyl (C=O) groups excluding carboxylic acids is 1. The normalized spacial score (nSPS) is 14.2. The first-order valence-corrected chi connectivity index (χ1v) is 11.7. The molecule has 0 radical (unpaired) electrons. The Morgan fingerprint density at radius 1 is 1.00 bits per heavy atom. The average molecular weight is 460 g/mol. The number of amides is 1. The van der Waals surface area contributed by atoms with E-state index in [1.807, 2.05) is 12.1 Å². The van der Waals surface area contributed by atoms with Crippen molar-refractivity contribution in [2.45, 2.75) is 18.8 Å². The predicted molar refractivity (Wildman–Crippen MR) is 128 cm³/mol. The van der Waals surface area contributed by atoms with Crippen LogP contribution in [-0.2, 0) is 0 Å². The topological polar surface area (TPSA) is 79.8 Å². The van der Waals surface area contributed by atoms with Crippen LogP contribution in [0.5, 0.6) is 0 Å². The number of hydrogen-bond donors (Lipinski definition) is 2. The fourth-order valence-electron chi connectivity index (χ4n) is 3.87. The summed E-state index contributed by atoms with van der Waals surface area (Å²) in [6.07, 6.45) is 3.68. The highest BCUT2D eigenvalue weighted by atomic mass is 32.1. The minimum absolute atomic E-state index is 0.225. The van der Waals surface area contributed by atoms with E-state index in [4.69, 9.17) is 4.98 Å². The molecule has 0 atom stereocenters. The number of anilines is 1. The third-order valence-corrected chi connectivity index (χ3v) is 6.84. The molecule has 0 spiro atoms. The fraction of sp³-hybridized carbons (Fsp3) is 0.200. The zero-order valence-corrected chi connectivity index (χ0v) is 18.6. The van der Waals surface area contributed by atoms with Gasteiger partial charge in [0, 0.05) is 23.2 Å². The standard InChI is InChI=1S/C25H22FN5OS/c26-19-8-6-16(7-9-19)21-22(33-24(30-21)18-10-13-27-14-11-18)20-12-15-28-25(29-20)31-23(32)17-4-2-1-3-5-17/h1-9,12,15,18,27H,10-11,13-14H2,(H,28,29,31,32). The largest absolute Gasteiger partial charge is 0.317 e. The summed E-state index contributed by atoms with van der Waals surface area (Å²) in [5.41, 5.74) is 2.80. The van der Waals surface area contributed by atoms with Crippen LogP contribution < -0.4 is 10.6 Å². The number of nitrogens with zero attached hydrogens (tertiary/aromatic N) is 3. The van der Waals surface area contributed by atoms with Gasteiger partial charge in [-0.25, -0.2) is 19.3 Å². The third-order valence-electron chi connectivity index (χ3n) is 5.60. The molecule has 1 fully saturated rings. The molecule has 0 bridgehead atoms. The van der Waals surface area contributed by atoms with Crippen LogP contribution in [0, 0.1) is 5.82 Å². The smallest absolute Gasteiger partial charge is 0.258 e. The van der Waals surface area contributed by atoms with Crippen molar-refractivity contribution in [3.8, 4) is 21.8 Å². The molecule has 1 amide bonds. The molecule has 5 rings (SSSR count). The van der Waals surface area contributed by atoms with Gasteiger partial charge in [-0.15, -0.1) is 11.3 Å². The van der Waals surface area contributed by atoms with Crippen molar-refractivity contribution in [2.75, 3.05) is 18.4 Å². The van der Waals surface area contributed by atoms with E-state index in [1.54, 1.807) is 53.9 Å². The average Bonchev–Trinajstić information content (AvgIpc) is 3.31. The van der Waals surface area contributed by atoms with Crippen molar-refractivity contribution < 1.29 is 9.18 Å². The molecule has 4 aromatic rings. The highest BCUT2D eigenvalue weighted by molar-refractivity contribution is 7.15. The van der Waals surface area contributed by atoms with Crippen molar-refractivity contribution in [1.29, 1.82) is 0 Å². The Kier molecular flexibility index (Phi) is 6.19. The zero-order valence-electron chi connectivity index (χ0n) is 17.8. The second-order valence-corrected chi connectivity index (χ2v) is 8.88. The minimum atomic E-state index is -0.290. The molecule has 1 saturated heterocycles. The Bertz CT molecular complexity index is 1250. The van der Waals surface area contributed by atoms with E-state index in [0.29, 0.717) is 17.2 Å². The van der Waals surface area contributed by atoms with Gasteiger partial charge in [-0.2, -0.15) is 0 Å². The van der Waals surface area contributed by atoms with E-state index in [-0.39, 0.29) is 17.7 Å². The van der Waals surface area contributed by atoms with Crippen LogP contribution >= 0.6 is 11.3 Å². The van der Waals surface area contributed by atoms with Gasteiger partial charge in [-0.3, -0.25) is 10.1 Å². The van der Waals surface area contributed by atoms with Crippen LogP contribution in [0.3, 0.4) is 0 Å². The van der Waals surface area contributed by atoms with Crippen LogP contribution in [0.1, 0.15) is 34.1 Å². The Balaban J connectivity index is 1.51. The monoisotopic (exact) mass is 459 g/mol. The number of thiazole rings is 1. The molecule has 166 valence electrons. The van der Waals surface area contributed by atoms with Crippen LogP contribution in [0.15, 0.2) is 66.9 Å². The lowest BCUT2D eigenvalue weighted by Crippen LogP contribution is -2.26. The Morgan fingerprint density at radius 3 is 2.52 bits per heavy atom. The molecule has 1 aliphatic heterocycles. The summed E-state index contributed by atoms with van der Waals surface area (Å²) >= 11 is 1.61. The lowest BCUT2D eigenvalue weighted by atomic mass is 9.99. The van der Waals surface area contributed by atoms with Crippen molar-refractivity contribution in [2.24, 2.45) is 0 Å². The lowest BCUT2D eigenvalue weighted by molar-refractivity contribution is 0.102. The van der Waals surface area contributed by atoms with Gasteiger partial charge in [-0.1, -0.05) is 18.2 Å². The molecule has 8 heteroatoms. The lowest BCUT2D eigenvalue weighted by Gasteiger charge is -2.20. The SMILES string of the molecule is O=C(Nc1nccc(-c2sc(C3CCNCC3)nc2-c2ccc(F)cc2)n1)c1ccccc1. The zero-order chi connectivity index (χ0) is 22.6. The maximum Gasteiger partial charge on any atom is 0.258 e. The van der Waals surface area contributed by atoms with Crippen LogP contribution in [0.4, 0.5) is 10.3 Å². The molecule has 2 aromatic carbocycles. The van der Waals surface area contributed by atoms with Crippen LogP contribution in [-0.4, -0.2) is 33.9 Å². The molecule has 0 saturated carbocycles. The quantitative estimate of drug-likeness (QED) is 0.433. The highest BCUT2D eigenvalue weighted by Gasteiger charge is 2.23. The van der Waals surface area contributed by atoms with E-state index in [9.17, 15) is 9.18 Å². The van der Waals surface area contributed by atoms with Crippen molar-refractivity contribution in [3.63, 3.8) is 0 Å². The molecule has 0 aliphatic carbocycles. The summed E-state index contributed by atoms with van der Waals surface area (Å²) in [5, 5.41) is 7.21. The summed E-state index contributed by atoms with van der Waals surface area (Å²) in [6.45, 7) is 1.93. The maximum atomic E-state index is 13.6. The molecule has 2 aromatic heterocycles. The van der Waals surface area contributed by atoms with Gasteiger partial charge < -0.3 is 5.32 Å². The Hall–Kier alpha value is -3.49. The second kappa shape index (κ2) is 9.56. The molecule has 3 heterocycles. The highest BCUT2D eigenvalue weighted by Crippen LogP contribution is 2.40. The molecule has 6 nitrogen and oxygen atoms in total. The van der Waals surface area contributed by atoms with Gasteiger partial charge in [0.1, 0.15) is 5.82 Å². The van der Waals surface area contributed by atoms with E-state index in [2.05, 4.69) is 20.6 Å². The summed E-state index contributed by atoms with van der Waals surface area (Å²) in [7, 11) is 0. The van der Waals surface area contributed by atoms with Gasteiger partial charge in [0.05, 0.1) is 21.3 Å². The molecule has 2 N–H and O–H groups in total. The Labute approximate surface area is 195 Å². The minimum Gasteiger partial charge on any atom is -0.317 e. The first-order chi connectivity index (χ1) is 16.2. The molecule has 33 heavy (non-hydrogen) atoms. The summed E-state index contributed by atoms with van der Waals surface area (Å²) in [4.78, 5) is 27.2. The van der Waals surface area contributed by atoms with Gasteiger partial charge in [0.15, 0.2) is 0 Å². The predicted octanol–water partition coefficient (Wildman–Crippen LogP) is 5.13. The van der Waals surface area contributed by atoms with Crippen LogP contribution in [0.2, 0.25) is 0 Å². The number of hydrogen-bond acceptors (Lipinski definition) is 6. The number of nitrogens with one attached hydrogen (secondary N) is 2. The number of aromatic nitrogens is 3. The van der Waals surface area contributed by atoms with Gasteiger partial charge in [0.2, 0.25) is 5.95 Å². The van der Waals surface area contributed by atoms with Crippen LogP contribution in [0.25, 0.3) is 21.8 Å². The first-order valence-electron chi connectivity index (χ1n) is 10.8. The number of halogens is 1. The second-order valence-electron chi connectivity index (χ2n) is 7.85. The molecular weight excluding hydrogens is 437 g/mol. The van der Waals surface area contributed by atoms with Gasteiger partial charge in [-0.05, 0) is 68.4 Å². The van der Waals surface area contributed by atoms with Crippen molar-refractivity contribution in [3.05, 3.63) is 83.2 Å². The van der Waals surface area contributed by atoms with Gasteiger partial charge >= 0.3 is 0 Å². The first kappa shape index (κ1) is 21.4. The maximum absolute atomic E-state index is 13.6. The van der Waals surface area contributed by atoms with E-state index < -0.39 is 0 Å². The third kappa shape index (κ3) is 4.81. The van der Waals surface area contributed by atoms with Gasteiger partial charge in [0.25, 0.3) is 5.91 Å². The molecular formula is C25H22FN5OS.